The van der Waals surface area contributed by atoms with Gasteiger partial charge in [-0.3, -0.25) is 4.79 Å². The summed E-state index contributed by atoms with van der Waals surface area (Å²) in [5.74, 6) is 6.26. The Labute approximate surface area is 191 Å². The zero-order valence-electron chi connectivity index (χ0n) is 19.0. The monoisotopic (exact) mass is 435 g/mol. The van der Waals surface area contributed by atoms with Crippen LogP contribution in [0.5, 0.6) is 0 Å². The summed E-state index contributed by atoms with van der Waals surface area (Å²) in [5, 5.41) is 14.6. The predicted molar refractivity (Wildman–Crippen MR) is 132 cm³/mol. The van der Waals surface area contributed by atoms with E-state index >= 15 is 0 Å². The molecule has 164 valence electrons. The molecule has 3 nitrogen and oxygen atoms in total. The lowest BCUT2D eigenvalue weighted by molar-refractivity contribution is -0.120. The second-order valence-corrected chi connectivity index (χ2v) is 9.27. The molecule has 4 heteroatoms. The first-order valence-corrected chi connectivity index (χ1v) is 11.6. The first-order valence-electron chi connectivity index (χ1n) is 10.7. The van der Waals surface area contributed by atoms with E-state index in [0.29, 0.717) is 6.42 Å². The molecule has 0 bridgehead atoms. The normalized spacial score (nSPS) is 12.7. The first-order chi connectivity index (χ1) is 14.8. The van der Waals surface area contributed by atoms with E-state index in [2.05, 4.69) is 55.9 Å². The van der Waals surface area contributed by atoms with Gasteiger partial charge in [0.15, 0.2) is 0 Å². The molecular weight excluding hydrogens is 402 g/mol. The third-order valence-corrected chi connectivity index (χ3v) is 5.29. The van der Waals surface area contributed by atoms with Crippen LogP contribution in [0.25, 0.3) is 11.1 Å². The highest BCUT2D eigenvalue weighted by Crippen LogP contribution is 2.26. The van der Waals surface area contributed by atoms with Gasteiger partial charge in [0.05, 0.1) is 6.10 Å². The molecule has 1 unspecified atom stereocenters. The van der Waals surface area contributed by atoms with Gasteiger partial charge in [0.2, 0.25) is 0 Å². The summed E-state index contributed by atoms with van der Waals surface area (Å²) in [6, 6.07) is 9.83. The molecule has 31 heavy (non-hydrogen) atoms. The molecule has 0 spiro atoms. The summed E-state index contributed by atoms with van der Waals surface area (Å²) >= 11 is 1.64. The summed E-state index contributed by atoms with van der Waals surface area (Å²) in [4.78, 5) is 14.5. The van der Waals surface area contributed by atoms with E-state index in [1.54, 1.807) is 11.3 Å². The minimum absolute atomic E-state index is 0.00479. The number of likely N-dealkylation sites (N-methyl/N-ethyl adjacent to an activating group) is 1. The molecule has 0 radical (unpaired) electrons. The highest BCUT2D eigenvalue weighted by Gasteiger charge is 2.13. The fourth-order valence-corrected chi connectivity index (χ4v) is 3.57. The Bertz CT molecular complexity index is 940. The van der Waals surface area contributed by atoms with E-state index in [0.717, 1.165) is 29.8 Å². The zero-order valence-corrected chi connectivity index (χ0v) is 19.8. The molecule has 0 fully saturated rings. The molecule has 1 heterocycles. The maximum absolute atomic E-state index is 12.3. The summed E-state index contributed by atoms with van der Waals surface area (Å²) in [6.07, 6.45) is 7.37. The number of rotatable bonds is 10. The van der Waals surface area contributed by atoms with E-state index in [-0.39, 0.29) is 17.6 Å². The minimum atomic E-state index is -0.786. The van der Waals surface area contributed by atoms with Crippen LogP contribution >= 0.6 is 11.3 Å². The van der Waals surface area contributed by atoms with Crippen LogP contribution < -0.4 is 0 Å². The Morgan fingerprint density at radius 1 is 1.23 bits per heavy atom. The second kappa shape index (κ2) is 12.3. The minimum Gasteiger partial charge on any atom is -0.388 e. The molecule has 0 aliphatic heterocycles. The van der Waals surface area contributed by atoms with Gasteiger partial charge in [0.1, 0.15) is 5.78 Å². The van der Waals surface area contributed by atoms with E-state index in [1.165, 1.54) is 0 Å². The third-order valence-electron chi connectivity index (χ3n) is 4.60. The lowest BCUT2D eigenvalue weighted by Crippen LogP contribution is -2.16. The quantitative estimate of drug-likeness (QED) is 0.449. The van der Waals surface area contributed by atoms with Crippen LogP contribution in [0.4, 0.5) is 0 Å². The number of benzene rings is 1. The molecule has 2 aromatic rings. The van der Waals surface area contributed by atoms with Crippen molar-refractivity contribution in [2.24, 2.45) is 5.41 Å². The number of allylic oxidation sites excluding steroid dienone is 2. The van der Waals surface area contributed by atoms with Crippen LogP contribution in [0.2, 0.25) is 0 Å². The maximum atomic E-state index is 12.3. The van der Waals surface area contributed by atoms with Gasteiger partial charge >= 0.3 is 0 Å². The average Bonchev–Trinajstić information content (AvgIpc) is 3.26. The number of Topliss-reactive ketones (excluding diaryl/α,β-unsaturated/α-hetero) is 1. The van der Waals surface area contributed by atoms with Crippen LogP contribution in [0.3, 0.4) is 0 Å². The first kappa shape index (κ1) is 24.7. The number of hydrogen-bond acceptors (Lipinski definition) is 4. The van der Waals surface area contributed by atoms with Crippen molar-refractivity contribution in [1.82, 2.24) is 4.90 Å². The van der Waals surface area contributed by atoms with E-state index in [1.807, 2.05) is 54.1 Å². The van der Waals surface area contributed by atoms with Crippen LogP contribution in [0.15, 0.2) is 65.5 Å². The maximum Gasteiger partial charge on any atom is 0.139 e. The van der Waals surface area contributed by atoms with Crippen LogP contribution in [-0.2, 0) is 4.79 Å². The summed E-state index contributed by atoms with van der Waals surface area (Å²) in [5.41, 5.74) is 2.97. The molecule has 1 aromatic heterocycles. The van der Waals surface area contributed by atoms with Gasteiger partial charge in [-0.25, -0.2) is 0 Å². The number of aliphatic hydroxyl groups excluding tert-OH is 1. The van der Waals surface area contributed by atoms with Gasteiger partial charge in [-0.15, -0.1) is 0 Å². The lowest BCUT2D eigenvalue weighted by Gasteiger charge is -2.15. The highest BCUT2D eigenvalue weighted by atomic mass is 32.1. The SMILES string of the molecule is CCN(/C=C/CC(=O)CC(O)c1cccc(-c2ccsc2)c1)CC=CC#CC(C)(C)C. The molecule has 2 rings (SSSR count). The number of carbonyl (C=O) groups is 1. The van der Waals surface area contributed by atoms with Crippen molar-refractivity contribution in [2.45, 2.75) is 46.6 Å². The number of aliphatic hydroxyl groups is 1. The second-order valence-electron chi connectivity index (χ2n) is 8.49. The van der Waals surface area contributed by atoms with Crippen molar-refractivity contribution in [3.63, 3.8) is 0 Å². The Balaban J connectivity index is 1.83. The van der Waals surface area contributed by atoms with Crippen LogP contribution in [0.1, 0.15) is 52.2 Å². The van der Waals surface area contributed by atoms with Crippen molar-refractivity contribution in [2.75, 3.05) is 13.1 Å². The molecule has 0 saturated heterocycles. The average molecular weight is 436 g/mol. The van der Waals surface area contributed by atoms with Crippen LogP contribution in [0, 0.1) is 17.3 Å². The Morgan fingerprint density at radius 3 is 2.71 bits per heavy atom. The van der Waals surface area contributed by atoms with Crippen LogP contribution in [-0.4, -0.2) is 28.9 Å². The van der Waals surface area contributed by atoms with Crippen molar-refractivity contribution in [3.05, 3.63) is 71.1 Å². The van der Waals surface area contributed by atoms with Gasteiger partial charge in [-0.2, -0.15) is 11.3 Å². The largest absolute Gasteiger partial charge is 0.388 e. The molecule has 1 aromatic carbocycles. The van der Waals surface area contributed by atoms with Gasteiger partial charge in [-0.1, -0.05) is 42.2 Å². The van der Waals surface area contributed by atoms with Crippen molar-refractivity contribution in [3.8, 4) is 23.0 Å². The van der Waals surface area contributed by atoms with E-state index in [9.17, 15) is 9.90 Å². The third kappa shape index (κ3) is 9.38. The lowest BCUT2D eigenvalue weighted by atomic mass is 9.98. The number of hydrogen-bond donors (Lipinski definition) is 1. The molecule has 1 atom stereocenters. The van der Waals surface area contributed by atoms with Gasteiger partial charge in [0.25, 0.3) is 0 Å². The smallest absolute Gasteiger partial charge is 0.139 e. The fourth-order valence-electron chi connectivity index (χ4n) is 2.90. The highest BCUT2D eigenvalue weighted by molar-refractivity contribution is 7.08. The standard InChI is InChI=1S/C27H33NO2S/c1-5-28(16-8-6-7-15-27(2,3)4)17-10-13-25(29)20-26(30)23-12-9-11-22(19-23)24-14-18-31-21-24/h6,8-12,14,17-19,21,26,30H,5,13,16,20H2,1-4H3/b8-6?,17-10+. The van der Waals surface area contributed by atoms with Gasteiger partial charge < -0.3 is 10.0 Å². The Hall–Kier alpha value is -2.61. The van der Waals surface area contributed by atoms with Crippen molar-refractivity contribution < 1.29 is 9.90 Å². The molecule has 0 aliphatic rings. The summed E-state index contributed by atoms with van der Waals surface area (Å²) in [6.45, 7) is 9.93. The Kier molecular flexibility index (Phi) is 9.78. The molecular formula is C27H33NO2S. The van der Waals surface area contributed by atoms with Crippen molar-refractivity contribution in [1.29, 1.82) is 0 Å². The van der Waals surface area contributed by atoms with E-state index < -0.39 is 6.10 Å². The fraction of sp³-hybridized carbons (Fsp3) is 0.370. The van der Waals surface area contributed by atoms with Crippen molar-refractivity contribution >= 4 is 17.1 Å². The number of thiophene rings is 1. The number of carbonyl (C=O) groups excluding carboxylic acids is 1. The summed E-state index contributed by atoms with van der Waals surface area (Å²) in [7, 11) is 0. The van der Waals surface area contributed by atoms with E-state index in [4.69, 9.17) is 0 Å². The summed E-state index contributed by atoms with van der Waals surface area (Å²) < 4.78 is 0. The Morgan fingerprint density at radius 2 is 2.03 bits per heavy atom. The topological polar surface area (TPSA) is 40.5 Å². The molecule has 0 amide bonds. The zero-order chi connectivity index (χ0) is 22.7. The molecule has 0 aliphatic carbocycles. The van der Waals surface area contributed by atoms with Gasteiger partial charge in [0, 0.05) is 31.3 Å². The molecule has 1 N–H and O–H groups in total. The molecule has 0 saturated carbocycles. The number of ketones is 1. The predicted octanol–water partition coefficient (Wildman–Crippen LogP) is 6.24. The van der Waals surface area contributed by atoms with Gasteiger partial charge in [-0.05, 0) is 79.6 Å². The number of nitrogens with zero attached hydrogens (tertiary/aromatic N) is 1.